The molecule has 0 aliphatic rings. The van der Waals surface area contributed by atoms with Crippen LogP contribution in [0.1, 0.15) is 0 Å². The largest absolute Gasteiger partial charge is 0.497 e. The van der Waals surface area contributed by atoms with Crippen molar-refractivity contribution in [3.8, 4) is 17.1 Å². The second-order valence-corrected chi connectivity index (χ2v) is 5.22. The van der Waals surface area contributed by atoms with Crippen LogP contribution in [0.15, 0.2) is 60.9 Å². The van der Waals surface area contributed by atoms with Crippen molar-refractivity contribution in [2.24, 2.45) is 0 Å². The first-order valence-electron chi connectivity index (χ1n) is 7.51. The predicted octanol–water partition coefficient (Wildman–Crippen LogP) is 3.77. The van der Waals surface area contributed by atoms with E-state index in [1.807, 2.05) is 54.6 Å². The van der Waals surface area contributed by atoms with Crippen LogP contribution in [0.5, 0.6) is 5.75 Å². The van der Waals surface area contributed by atoms with Crippen molar-refractivity contribution in [3.05, 3.63) is 60.9 Å². The van der Waals surface area contributed by atoms with Gasteiger partial charge < -0.3 is 15.0 Å². The van der Waals surface area contributed by atoms with Gasteiger partial charge in [-0.1, -0.05) is 18.2 Å². The first-order valence-corrected chi connectivity index (χ1v) is 7.51. The molecule has 6 nitrogen and oxygen atoms in total. The molecule has 6 heteroatoms. The number of H-pyrrole nitrogens is 1. The number of hydrogen-bond donors (Lipinski definition) is 2. The minimum Gasteiger partial charge on any atom is -0.497 e. The van der Waals surface area contributed by atoms with Crippen molar-refractivity contribution in [3.63, 3.8) is 0 Å². The maximum atomic E-state index is 5.20. The Balaban J connectivity index is 1.79. The molecule has 4 aromatic rings. The number of aromatic amines is 1. The summed E-state index contributed by atoms with van der Waals surface area (Å²) < 4.78 is 5.20. The molecule has 0 aliphatic heterocycles. The molecule has 0 bridgehead atoms. The van der Waals surface area contributed by atoms with Gasteiger partial charge in [0.2, 0.25) is 0 Å². The molecular formula is C18H15N5O. The number of aromatic nitrogens is 4. The van der Waals surface area contributed by atoms with Crippen LogP contribution < -0.4 is 10.1 Å². The molecule has 0 saturated carbocycles. The number of imidazole rings is 1. The van der Waals surface area contributed by atoms with Crippen molar-refractivity contribution in [1.82, 2.24) is 19.9 Å². The molecule has 2 heterocycles. The summed E-state index contributed by atoms with van der Waals surface area (Å²) in [6.45, 7) is 0. The van der Waals surface area contributed by atoms with Crippen LogP contribution in [-0.2, 0) is 0 Å². The Kier molecular flexibility index (Phi) is 3.55. The second-order valence-electron chi connectivity index (χ2n) is 5.22. The summed E-state index contributed by atoms with van der Waals surface area (Å²) in [4.78, 5) is 16.5. The number of hydrogen-bond acceptors (Lipinski definition) is 5. The summed E-state index contributed by atoms with van der Waals surface area (Å²) in [5.41, 5.74) is 3.25. The van der Waals surface area contributed by atoms with Gasteiger partial charge in [0.05, 0.1) is 13.4 Å². The summed E-state index contributed by atoms with van der Waals surface area (Å²) in [6, 6.07) is 17.5. The molecule has 2 aromatic heterocycles. The number of anilines is 2. The third kappa shape index (κ3) is 2.65. The topological polar surface area (TPSA) is 75.7 Å². The average molecular weight is 317 g/mol. The van der Waals surface area contributed by atoms with Crippen molar-refractivity contribution < 1.29 is 4.74 Å². The van der Waals surface area contributed by atoms with E-state index in [2.05, 4.69) is 25.3 Å². The van der Waals surface area contributed by atoms with Gasteiger partial charge in [-0.05, 0) is 36.4 Å². The highest BCUT2D eigenvalue weighted by atomic mass is 16.5. The number of ether oxygens (including phenoxy) is 1. The molecule has 0 unspecified atom stereocenters. The SMILES string of the molecule is COc1ccc(-c2nc(Nc3ccccc3)c3[nH]cnc3n2)cc1. The molecule has 0 amide bonds. The fourth-order valence-electron chi connectivity index (χ4n) is 2.45. The van der Waals surface area contributed by atoms with E-state index in [0.29, 0.717) is 17.3 Å². The molecule has 118 valence electrons. The molecule has 0 radical (unpaired) electrons. The maximum absolute atomic E-state index is 5.20. The van der Waals surface area contributed by atoms with E-state index in [1.54, 1.807) is 13.4 Å². The lowest BCUT2D eigenvalue weighted by Crippen LogP contribution is -1.99. The zero-order valence-corrected chi connectivity index (χ0v) is 13.0. The summed E-state index contributed by atoms with van der Waals surface area (Å²) in [5.74, 6) is 2.09. The lowest BCUT2D eigenvalue weighted by atomic mass is 10.2. The van der Waals surface area contributed by atoms with Gasteiger partial charge in [0.15, 0.2) is 17.3 Å². The highest BCUT2D eigenvalue weighted by Gasteiger charge is 2.11. The van der Waals surface area contributed by atoms with Gasteiger partial charge in [-0.15, -0.1) is 0 Å². The van der Waals surface area contributed by atoms with Crippen LogP contribution in [0.4, 0.5) is 11.5 Å². The number of methoxy groups -OCH3 is 1. The molecular weight excluding hydrogens is 302 g/mol. The van der Waals surface area contributed by atoms with Crippen molar-refractivity contribution in [1.29, 1.82) is 0 Å². The van der Waals surface area contributed by atoms with E-state index in [-0.39, 0.29) is 0 Å². The van der Waals surface area contributed by atoms with E-state index < -0.39 is 0 Å². The predicted molar refractivity (Wildman–Crippen MR) is 93.4 cm³/mol. The smallest absolute Gasteiger partial charge is 0.183 e. The number of nitrogens with zero attached hydrogens (tertiary/aromatic N) is 3. The van der Waals surface area contributed by atoms with Gasteiger partial charge in [-0.3, -0.25) is 0 Å². The molecule has 24 heavy (non-hydrogen) atoms. The molecule has 0 atom stereocenters. The van der Waals surface area contributed by atoms with Gasteiger partial charge in [0.1, 0.15) is 11.3 Å². The quantitative estimate of drug-likeness (QED) is 0.599. The lowest BCUT2D eigenvalue weighted by Gasteiger charge is -2.09. The summed E-state index contributed by atoms with van der Waals surface area (Å²) in [7, 11) is 1.64. The van der Waals surface area contributed by atoms with E-state index in [0.717, 1.165) is 22.5 Å². The zero-order chi connectivity index (χ0) is 16.4. The number of benzene rings is 2. The van der Waals surface area contributed by atoms with Crippen molar-refractivity contribution >= 4 is 22.7 Å². The fraction of sp³-hybridized carbons (Fsp3) is 0.0556. The Labute approximate surface area is 138 Å². The number of fused-ring (bicyclic) bond motifs is 1. The molecule has 0 saturated heterocycles. The van der Waals surface area contributed by atoms with Crippen LogP contribution in [0.2, 0.25) is 0 Å². The molecule has 0 aliphatic carbocycles. The van der Waals surface area contributed by atoms with Crippen LogP contribution >= 0.6 is 0 Å². The number of rotatable bonds is 4. The van der Waals surface area contributed by atoms with Gasteiger partial charge in [-0.2, -0.15) is 0 Å². The van der Waals surface area contributed by atoms with E-state index >= 15 is 0 Å². The van der Waals surface area contributed by atoms with Crippen molar-refractivity contribution in [2.75, 3.05) is 12.4 Å². The zero-order valence-electron chi connectivity index (χ0n) is 13.0. The van der Waals surface area contributed by atoms with Crippen LogP contribution in [0.3, 0.4) is 0 Å². The Morgan fingerprint density at radius 3 is 2.50 bits per heavy atom. The van der Waals surface area contributed by atoms with Crippen LogP contribution in [0.25, 0.3) is 22.6 Å². The third-order valence-corrected chi connectivity index (χ3v) is 3.67. The van der Waals surface area contributed by atoms with E-state index in [1.165, 1.54) is 0 Å². The second kappa shape index (κ2) is 6.00. The summed E-state index contributed by atoms with van der Waals surface area (Å²) in [6.07, 6.45) is 1.62. The number of para-hydroxylation sites is 1. The summed E-state index contributed by atoms with van der Waals surface area (Å²) in [5, 5.41) is 3.32. The average Bonchev–Trinajstić information content (AvgIpc) is 3.11. The Morgan fingerprint density at radius 1 is 0.958 bits per heavy atom. The van der Waals surface area contributed by atoms with E-state index in [4.69, 9.17) is 4.74 Å². The number of nitrogens with one attached hydrogen (secondary N) is 2. The fourth-order valence-corrected chi connectivity index (χ4v) is 2.45. The minimum absolute atomic E-state index is 0.607. The Morgan fingerprint density at radius 2 is 1.75 bits per heavy atom. The Hall–Kier alpha value is -3.41. The highest BCUT2D eigenvalue weighted by Crippen LogP contribution is 2.26. The first-order chi connectivity index (χ1) is 11.8. The third-order valence-electron chi connectivity index (χ3n) is 3.67. The maximum Gasteiger partial charge on any atom is 0.183 e. The van der Waals surface area contributed by atoms with E-state index in [9.17, 15) is 0 Å². The molecule has 2 aromatic carbocycles. The molecule has 2 N–H and O–H groups in total. The monoisotopic (exact) mass is 317 g/mol. The first kappa shape index (κ1) is 14.2. The molecule has 0 spiro atoms. The van der Waals surface area contributed by atoms with Crippen molar-refractivity contribution in [2.45, 2.75) is 0 Å². The van der Waals surface area contributed by atoms with Crippen LogP contribution in [-0.4, -0.2) is 27.0 Å². The normalized spacial score (nSPS) is 10.7. The van der Waals surface area contributed by atoms with Crippen LogP contribution in [0, 0.1) is 0 Å². The van der Waals surface area contributed by atoms with Gasteiger partial charge in [-0.25, -0.2) is 15.0 Å². The highest BCUT2D eigenvalue weighted by molar-refractivity contribution is 5.86. The van der Waals surface area contributed by atoms with Gasteiger partial charge in [0, 0.05) is 11.3 Å². The van der Waals surface area contributed by atoms with Gasteiger partial charge >= 0.3 is 0 Å². The Bertz CT molecular complexity index is 964. The standard InChI is InChI=1S/C18H15N5O/c1-24-14-9-7-12(8-10-14)16-22-17-15(19-11-20-17)18(23-16)21-13-5-3-2-4-6-13/h2-11H,1H3,(H2,19,20,21,22,23). The van der Waals surface area contributed by atoms with Gasteiger partial charge in [0.25, 0.3) is 0 Å². The lowest BCUT2D eigenvalue weighted by molar-refractivity contribution is 0.415. The molecule has 0 fully saturated rings. The summed E-state index contributed by atoms with van der Waals surface area (Å²) >= 11 is 0. The molecule has 4 rings (SSSR count). The minimum atomic E-state index is 0.607.